The summed E-state index contributed by atoms with van der Waals surface area (Å²) in [4.78, 5) is 0. The van der Waals surface area contributed by atoms with E-state index >= 15 is 0 Å². The summed E-state index contributed by atoms with van der Waals surface area (Å²) in [5.41, 5.74) is 0. The topological polar surface area (TPSA) is 78.3 Å². The Morgan fingerprint density at radius 1 is 1.46 bits per heavy atom. The number of rotatable bonds is 4. The van der Waals surface area contributed by atoms with Gasteiger partial charge in [-0.15, -0.1) is 10.2 Å². The third-order valence-corrected chi connectivity index (χ3v) is 1.56. The lowest BCUT2D eigenvalue weighted by atomic mass is 10.4. The number of aliphatic hydroxyl groups excluding tert-OH is 2. The van der Waals surface area contributed by atoms with E-state index in [1.54, 1.807) is 12.1 Å². The summed E-state index contributed by atoms with van der Waals surface area (Å²) in [6.45, 7) is -0.0547. The van der Waals surface area contributed by atoms with Gasteiger partial charge in [0, 0.05) is 6.54 Å². The Kier molecular flexibility index (Phi) is 3.88. The molecule has 6 heteroatoms. The van der Waals surface area contributed by atoms with E-state index in [9.17, 15) is 0 Å². The molecule has 3 N–H and O–H groups in total. The van der Waals surface area contributed by atoms with Gasteiger partial charge in [0.05, 0.1) is 12.7 Å². The van der Waals surface area contributed by atoms with Crippen LogP contribution in [0.3, 0.4) is 0 Å². The van der Waals surface area contributed by atoms with Gasteiger partial charge < -0.3 is 15.5 Å². The molecule has 0 bridgehead atoms. The highest BCUT2D eigenvalue weighted by atomic mass is 35.5. The molecule has 0 amide bonds. The molecule has 1 unspecified atom stereocenters. The maximum absolute atomic E-state index is 8.99. The molecule has 5 nitrogen and oxygen atoms in total. The van der Waals surface area contributed by atoms with Gasteiger partial charge in [-0.05, 0) is 12.1 Å². The monoisotopic (exact) mass is 203 g/mol. The van der Waals surface area contributed by atoms with Crippen LogP contribution in [-0.2, 0) is 0 Å². The molecule has 0 spiro atoms. The van der Waals surface area contributed by atoms with Crippen LogP contribution in [-0.4, -0.2) is 39.7 Å². The molecule has 72 valence electrons. The lowest BCUT2D eigenvalue weighted by Crippen LogP contribution is -2.23. The number of aliphatic hydroxyl groups is 2. The number of hydrogen-bond donors (Lipinski definition) is 3. The molecule has 0 aliphatic carbocycles. The molecule has 1 aromatic heterocycles. The Labute approximate surface area is 80.4 Å². The molecule has 1 atom stereocenters. The average Bonchev–Trinajstić information content (AvgIpc) is 2.16. The molecule has 1 aromatic rings. The van der Waals surface area contributed by atoms with Crippen molar-refractivity contribution in [2.45, 2.75) is 6.10 Å². The zero-order valence-electron chi connectivity index (χ0n) is 6.81. The molecule has 0 saturated carbocycles. The number of halogens is 1. The second kappa shape index (κ2) is 4.96. The second-order valence-corrected chi connectivity index (χ2v) is 2.85. The van der Waals surface area contributed by atoms with Gasteiger partial charge in [-0.1, -0.05) is 11.6 Å². The maximum Gasteiger partial charge on any atom is 0.151 e. The quantitative estimate of drug-likeness (QED) is 0.637. The van der Waals surface area contributed by atoms with Crippen molar-refractivity contribution < 1.29 is 10.2 Å². The fourth-order valence-corrected chi connectivity index (χ4v) is 0.798. The minimum atomic E-state index is -0.794. The van der Waals surface area contributed by atoms with Gasteiger partial charge in [0.25, 0.3) is 0 Å². The predicted molar refractivity (Wildman–Crippen MR) is 48.6 cm³/mol. The van der Waals surface area contributed by atoms with Crippen LogP contribution < -0.4 is 5.32 Å². The zero-order valence-corrected chi connectivity index (χ0v) is 7.57. The Morgan fingerprint density at radius 2 is 2.23 bits per heavy atom. The van der Waals surface area contributed by atoms with E-state index in [-0.39, 0.29) is 13.2 Å². The van der Waals surface area contributed by atoms with E-state index in [1.807, 2.05) is 0 Å². The Morgan fingerprint density at radius 3 is 2.77 bits per heavy atom. The molecule has 0 aliphatic rings. The average molecular weight is 204 g/mol. The van der Waals surface area contributed by atoms with Crippen LogP contribution in [0.1, 0.15) is 0 Å². The van der Waals surface area contributed by atoms with Crippen molar-refractivity contribution in [1.82, 2.24) is 10.2 Å². The Hall–Kier alpha value is -0.910. The number of nitrogens with one attached hydrogen (secondary N) is 1. The molecule has 1 rings (SSSR count). The van der Waals surface area contributed by atoms with Gasteiger partial charge in [0.2, 0.25) is 0 Å². The standard InChI is InChI=1S/C7H10ClN3O2/c8-6-1-2-7(11-10-6)9-3-5(13)4-12/h1-2,5,12-13H,3-4H2,(H,9,11). The van der Waals surface area contributed by atoms with E-state index in [2.05, 4.69) is 15.5 Å². The molecule has 0 aromatic carbocycles. The molecule has 0 fully saturated rings. The van der Waals surface area contributed by atoms with Crippen LogP contribution in [0.4, 0.5) is 5.82 Å². The first-order valence-corrected chi connectivity index (χ1v) is 4.12. The predicted octanol–water partition coefficient (Wildman–Crippen LogP) is -0.105. The number of nitrogens with zero attached hydrogens (tertiary/aromatic N) is 2. The van der Waals surface area contributed by atoms with Gasteiger partial charge in [-0.2, -0.15) is 0 Å². The molecule has 0 aliphatic heterocycles. The van der Waals surface area contributed by atoms with Crippen molar-refractivity contribution >= 4 is 17.4 Å². The molecule has 0 radical (unpaired) electrons. The van der Waals surface area contributed by atoms with Gasteiger partial charge in [0.1, 0.15) is 5.82 Å². The van der Waals surface area contributed by atoms with E-state index in [4.69, 9.17) is 21.8 Å². The summed E-state index contributed by atoms with van der Waals surface area (Å²) >= 11 is 5.51. The first-order valence-electron chi connectivity index (χ1n) is 3.74. The van der Waals surface area contributed by atoms with Gasteiger partial charge in [-0.25, -0.2) is 0 Å². The minimum absolute atomic E-state index is 0.229. The lowest BCUT2D eigenvalue weighted by molar-refractivity contribution is 0.105. The van der Waals surface area contributed by atoms with E-state index in [0.29, 0.717) is 11.0 Å². The van der Waals surface area contributed by atoms with Crippen LogP contribution in [0.2, 0.25) is 5.15 Å². The highest BCUT2D eigenvalue weighted by Crippen LogP contribution is 2.05. The fourth-order valence-electron chi connectivity index (χ4n) is 0.697. The summed E-state index contributed by atoms with van der Waals surface area (Å²) in [5.74, 6) is 0.511. The molecule has 13 heavy (non-hydrogen) atoms. The molecule has 1 heterocycles. The van der Waals surface area contributed by atoms with Crippen LogP contribution in [0.25, 0.3) is 0 Å². The summed E-state index contributed by atoms with van der Waals surface area (Å²) in [7, 11) is 0. The molecule has 0 saturated heterocycles. The highest BCUT2D eigenvalue weighted by molar-refractivity contribution is 6.29. The van der Waals surface area contributed by atoms with Crippen LogP contribution in [0, 0.1) is 0 Å². The second-order valence-electron chi connectivity index (χ2n) is 2.46. The van der Waals surface area contributed by atoms with Gasteiger partial charge >= 0.3 is 0 Å². The number of aromatic nitrogens is 2. The van der Waals surface area contributed by atoms with Gasteiger partial charge in [0.15, 0.2) is 5.15 Å². The van der Waals surface area contributed by atoms with Crippen molar-refractivity contribution in [3.8, 4) is 0 Å². The van der Waals surface area contributed by atoms with E-state index < -0.39 is 6.10 Å². The Bertz CT molecular complexity index is 254. The third-order valence-electron chi connectivity index (χ3n) is 1.36. The highest BCUT2D eigenvalue weighted by Gasteiger charge is 2.01. The third kappa shape index (κ3) is 3.54. The van der Waals surface area contributed by atoms with Crippen molar-refractivity contribution in [3.05, 3.63) is 17.3 Å². The van der Waals surface area contributed by atoms with Crippen LogP contribution in [0.15, 0.2) is 12.1 Å². The first-order chi connectivity index (χ1) is 6.22. The first kappa shape index (κ1) is 10.2. The van der Waals surface area contributed by atoms with Crippen molar-refractivity contribution in [1.29, 1.82) is 0 Å². The number of anilines is 1. The van der Waals surface area contributed by atoms with E-state index in [1.165, 1.54) is 0 Å². The normalized spacial score (nSPS) is 12.5. The summed E-state index contributed by atoms with van der Waals surface area (Å²) in [5, 5.41) is 27.9. The maximum atomic E-state index is 8.99. The van der Waals surface area contributed by atoms with E-state index in [0.717, 1.165) is 0 Å². The smallest absolute Gasteiger partial charge is 0.151 e. The van der Waals surface area contributed by atoms with Crippen molar-refractivity contribution in [2.24, 2.45) is 0 Å². The summed E-state index contributed by atoms with van der Waals surface area (Å²) < 4.78 is 0. The lowest BCUT2D eigenvalue weighted by Gasteiger charge is -2.08. The molecular formula is C7H10ClN3O2. The Balaban J connectivity index is 2.41. The van der Waals surface area contributed by atoms with Crippen molar-refractivity contribution in [2.75, 3.05) is 18.5 Å². The van der Waals surface area contributed by atoms with Crippen LogP contribution >= 0.6 is 11.6 Å². The summed E-state index contributed by atoms with van der Waals surface area (Å²) in [6, 6.07) is 3.22. The zero-order chi connectivity index (χ0) is 9.68. The largest absolute Gasteiger partial charge is 0.394 e. The summed E-state index contributed by atoms with van der Waals surface area (Å²) in [6.07, 6.45) is -0.794. The van der Waals surface area contributed by atoms with Crippen LogP contribution in [0.5, 0.6) is 0 Å². The fraction of sp³-hybridized carbons (Fsp3) is 0.429. The SMILES string of the molecule is OCC(O)CNc1ccc(Cl)nn1. The van der Waals surface area contributed by atoms with Crippen molar-refractivity contribution in [3.63, 3.8) is 0 Å². The number of hydrogen-bond acceptors (Lipinski definition) is 5. The van der Waals surface area contributed by atoms with Gasteiger partial charge in [-0.3, -0.25) is 0 Å². The minimum Gasteiger partial charge on any atom is -0.394 e. The molecular weight excluding hydrogens is 194 g/mol.